The highest BCUT2D eigenvalue weighted by Gasteiger charge is 2.28. The van der Waals surface area contributed by atoms with E-state index in [4.69, 9.17) is 4.98 Å². The lowest BCUT2D eigenvalue weighted by atomic mass is 10.0. The lowest BCUT2D eigenvalue weighted by Crippen LogP contribution is -2.24. The summed E-state index contributed by atoms with van der Waals surface area (Å²) < 4.78 is 0. The molecule has 0 N–H and O–H groups in total. The molecule has 1 aliphatic carbocycles. The van der Waals surface area contributed by atoms with E-state index < -0.39 is 0 Å². The van der Waals surface area contributed by atoms with Gasteiger partial charge in [0.1, 0.15) is 5.03 Å². The fourth-order valence-electron chi connectivity index (χ4n) is 3.83. The highest BCUT2D eigenvalue weighted by atomic mass is 32.2. The molecule has 0 spiro atoms. The van der Waals surface area contributed by atoms with Crippen molar-refractivity contribution in [1.82, 2.24) is 9.88 Å². The molecule has 3 rings (SSSR count). The van der Waals surface area contributed by atoms with Gasteiger partial charge in [0.2, 0.25) is 0 Å². The average molecular weight is 305 g/mol. The first-order valence-electron chi connectivity index (χ1n) is 8.74. The second-order valence-electron chi connectivity index (χ2n) is 6.47. The third kappa shape index (κ3) is 3.81. The maximum Gasteiger partial charge on any atom is 0.101 e. The highest BCUT2D eigenvalue weighted by Crippen LogP contribution is 2.40. The molecule has 1 aromatic rings. The van der Waals surface area contributed by atoms with Crippen molar-refractivity contribution in [2.24, 2.45) is 0 Å². The zero-order valence-electron chi connectivity index (χ0n) is 13.3. The van der Waals surface area contributed by atoms with Crippen LogP contribution < -0.4 is 0 Å². The van der Waals surface area contributed by atoms with Crippen LogP contribution in [-0.4, -0.2) is 28.2 Å². The molecule has 1 saturated carbocycles. The minimum absolute atomic E-state index is 0.616. The molecule has 0 bridgehead atoms. The van der Waals surface area contributed by atoms with Gasteiger partial charge in [0.15, 0.2) is 0 Å². The standard InChI is InChI=1S/C18H28N2S/c1-2-13-20-14-7-11-17(20)16-10-6-12-19-18(16)21-15-8-4-3-5-9-15/h6,10,12,15,17H,2-5,7-9,11,13-14H2,1H3/t17-/m0/s1. The van der Waals surface area contributed by atoms with Crippen molar-refractivity contribution in [2.75, 3.05) is 13.1 Å². The first kappa shape index (κ1) is 15.4. The van der Waals surface area contributed by atoms with Crippen LogP contribution in [0.2, 0.25) is 0 Å². The largest absolute Gasteiger partial charge is 0.296 e. The van der Waals surface area contributed by atoms with E-state index in [9.17, 15) is 0 Å². The van der Waals surface area contributed by atoms with Crippen LogP contribution in [0.25, 0.3) is 0 Å². The molecule has 2 heterocycles. The minimum atomic E-state index is 0.616. The summed E-state index contributed by atoms with van der Waals surface area (Å²) in [6, 6.07) is 5.07. The Balaban J connectivity index is 1.75. The molecule has 21 heavy (non-hydrogen) atoms. The van der Waals surface area contributed by atoms with E-state index in [0.29, 0.717) is 6.04 Å². The quantitative estimate of drug-likeness (QED) is 0.757. The Bertz CT molecular complexity index is 443. The topological polar surface area (TPSA) is 16.1 Å². The van der Waals surface area contributed by atoms with E-state index in [2.05, 4.69) is 35.7 Å². The molecule has 0 unspecified atom stereocenters. The summed E-state index contributed by atoms with van der Waals surface area (Å²) in [5, 5.41) is 2.12. The second-order valence-corrected chi connectivity index (χ2v) is 7.76. The van der Waals surface area contributed by atoms with Gasteiger partial charge in [0, 0.05) is 23.1 Å². The molecule has 0 radical (unpaired) electrons. The van der Waals surface area contributed by atoms with Crippen LogP contribution in [0, 0.1) is 0 Å². The summed E-state index contributed by atoms with van der Waals surface area (Å²) in [6.45, 7) is 4.78. The predicted octanol–water partition coefficient (Wildman–Crippen LogP) is 5.05. The molecule has 2 aliphatic rings. The molecular weight excluding hydrogens is 276 g/mol. The number of thioether (sulfide) groups is 1. The average Bonchev–Trinajstić information content (AvgIpc) is 2.97. The van der Waals surface area contributed by atoms with Crippen LogP contribution >= 0.6 is 11.8 Å². The van der Waals surface area contributed by atoms with Crippen molar-refractivity contribution >= 4 is 11.8 Å². The monoisotopic (exact) mass is 304 g/mol. The Labute approximate surface area is 133 Å². The number of likely N-dealkylation sites (tertiary alicyclic amines) is 1. The van der Waals surface area contributed by atoms with E-state index in [-0.39, 0.29) is 0 Å². The number of pyridine rings is 1. The number of aromatic nitrogens is 1. The van der Waals surface area contributed by atoms with E-state index in [1.165, 1.54) is 75.0 Å². The van der Waals surface area contributed by atoms with Crippen LogP contribution in [0.4, 0.5) is 0 Å². The zero-order valence-corrected chi connectivity index (χ0v) is 14.1. The van der Waals surface area contributed by atoms with Crippen molar-refractivity contribution in [3.05, 3.63) is 23.9 Å². The minimum Gasteiger partial charge on any atom is -0.296 e. The Morgan fingerprint density at radius 3 is 2.86 bits per heavy atom. The molecule has 1 saturated heterocycles. The van der Waals surface area contributed by atoms with Crippen molar-refractivity contribution in [2.45, 2.75) is 74.6 Å². The Hall–Kier alpha value is -0.540. The molecule has 1 aromatic heterocycles. The molecule has 2 fully saturated rings. The highest BCUT2D eigenvalue weighted by molar-refractivity contribution is 7.99. The number of rotatable bonds is 5. The van der Waals surface area contributed by atoms with E-state index in [0.717, 1.165) is 5.25 Å². The third-order valence-electron chi connectivity index (χ3n) is 4.86. The number of hydrogen-bond donors (Lipinski definition) is 0. The van der Waals surface area contributed by atoms with Crippen LogP contribution in [0.5, 0.6) is 0 Å². The fourth-order valence-corrected chi connectivity index (χ4v) is 5.18. The van der Waals surface area contributed by atoms with E-state index >= 15 is 0 Å². The molecule has 1 atom stereocenters. The van der Waals surface area contributed by atoms with Gasteiger partial charge < -0.3 is 0 Å². The van der Waals surface area contributed by atoms with Crippen LogP contribution in [-0.2, 0) is 0 Å². The maximum absolute atomic E-state index is 4.75. The van der Waals surface area contributed by atoms with Crippen LogP contribution in [0.3, 0.4) is 0 Å². The van der Waals surface area contributed by atoms with Crippen molar-refractivity contribution < 1.29 is 0 Å². The van der Waals surface area contributed by atoms with Gasteiger partial charge in [-0.3, -0.25) is 4.90 Å². The SMILES string of the molecule is CCCN1CCC[C@H]1c1cccnc1SC1CCCCC1. The van der Waals surface area contributed by atoms with Crippen LogP contribution in [0.15, 0.2) is 23.4 Å². The van der Waals surface area contributed by atoms with Gasteiger partial charge in [-0.05, 0) is 51.3 Å². The summed E-state index contributed by atoms with van der Waals surface area (Å²) >= 11 is 2.06. The van der Waals surface area contributed by atoms with Gasteiger partial charge in [0.25, 0.3) is 0 Å². The van der Waals surface area contributed by atoms with Crippen LogP contribution in [0.1, 0.15) is 69.9 Å². The van der Waals surface area contributed by atoms with Crippen molar-refractivity contribution in [3.63, 3.8) is 0 Å². The molecule has 116 valence electrons. The van der Waals surface area contributed by atoms with E-state index in [1.54, 1.807) is 0 Å². The molecular formula is C18H28N2S. The summed E-state index contributed by atoms with van der Waals surface area (Å²) in [5.74, 6) is 0. The zero-order chi connectivity index (χ0) is 14.5. The molecule has 3 heteroatoms. The Morgan fingerprint density at radius 1 is 1.19 bits per heavy atom. The van der Waals surface area contributed by atoms with Crippen molar-refractivity contribution in [3.8, 4) is 0 Å². The van der Waals surface area contributed by atoms with Gasteiger partial charge in [-0.1, -0.05) is 32.3 Å². The predicted molar refractivity (Wildman–Crippen MR) is 90.8 cm³/mol. The first-order chi connectivity index (χ1) is 10.4. The maximum atomic E-state index is 4.75. The molecule has 0 aromatic carbocycles. The number of nitrogens with zero attached hydrogens (tertiary/aromatic N) is 2. The third-order valence-corrected chi connectivity index (χ3v) is 6.23. The summed E-state index contributed by atoms with van der Waals surface area (Å²) in [4.78, 5) is 7.42. The number of hydrogen-bond acceptors (Lipinski definition) is 3. The Morgan fingerprint density at radius 2 is 2.05 bits per heavy atom. The van der Waals surface area contributed by atoms with Gasteiger partial charge in [-0.25, -0.2) is 4.98 Å². The summed E-state index contributed by atoms with van der Waals surface area (Å²) in [7, 11) is 0. The first-order valence-corrected chi connectivity index (χ1v) is 9.62. The summed E-state index contributed by atoms with van der Waals surface area (Å²) in [6.07, 6.45) is 12.9. The Kier molecular flexibility index (Phi) is 5.59. The molecule has 2 nitrogen and oxygen atoms in total. The normalized spacial score (nSPS) is 24.5. The fraction of sp³-hybridized carbons (Fsp3) is 0.722. The molecule has 0 amide bonds. The van der Waals surface area contributed by atoms with Gasteiger partial charge in [0.05, 0.1) is 0 Å². The van der Waals surface area contributed by atoms with Gasteiger partial charge in [-0.15, -0.1) is 11.8 Å². The lowest BCUT2D eigenvalue weighted by molar-refractivity contribution is 0.254. The lowest BCUT2D eigenvalue weighted by Gasteiger charge is -2.27. The summed E-state index contributed by atoms with van der Waals surface area (Å²) in [5.41, 5.74) is 1.50. The second kappa shape index (κ2) is 7.64. The van der Waals surface area contributed by atoms with Gasteiger partial charge in [-0.2, -0.15) is 0 Å². The van der Waals surface area contributed by atoms with Crippen molar-refractivity contribution in [1.29, 1.82) is 0 Å². The van der Waals surface area contributed by atoms with Gasteiger partial charge >= 0.3 is 0 Å². The van der Waals surface area contributed by atoms with E-state index in [1.807, 2.05) is 6.20 Å². The molecule has 1 aliphatic heterocycles. The smallest absolute Gasteiger partial charge is 0.101 e.